The zero-order valence-electron chi connectivity index (χ0n) is 14.3. The van der Waals surface area contributed by atoms with Crippen LogP contribution in [0.2, 0.25) is 0 Å². The van der Waals surface area contributed by atoms with Crippen LogP contribution in [0, 0.1) is 5.92 Å². The lowest BCUT2D eigenvalue weighted by atomic mass is 10.1. The summed E-state index contributed by atoms with van der Waals surface area (Å²) in [6.07, 6.45) is 4.94. The van der Waals surface area contributed by atoms with Crippen LogP contribution in [0.1, 0.15) is 50.0 Å². The van der Waals surface area contributed by atoms with E-state index >= 15 is 0 Å². The normalized spacial score (nSPS) is 27.2. The van der Waals surface area contributed by atoms with E-state index in [-0.39, 0.29) is 11.9 Å². The molecule has 1 aliphatic heterocycles. The first-order chi connectivity index (χ1) is 11.3. The van der Waals surface area contributed by atoms with Gasteiger partial charge in [0.2, 0.25) is 15.9 Å². The summed E-state index contributed by atoms with van der Waals surface area (Å²) in [5.41, 5.74) is 0. The zero-order valence-corrected chi connectivity index (χ0v) is 15.1. The van der Waals surface area contributed by atoms with Crippen LogP contribution >= 0.6 is 0 Å². The van der Waals surface area contributed by atoms with Crippen LogP contribution in [0.15, 0.2) is 16.5 Å². The van der Waals surface area contributed by atoms with Crippen molar-refractivity contribution in [1.82, 2.24) is 9.62 Å². The minimum Gasteiger partial charge on any atom is -0.466 e. The molecular weight excluding hydrogens is 328 g/mol. The zero-order chi connectivity index (χ0) is 17.3. The van der Waals surface area contributed by atoms with Crippen LogP contribution in [-0.2, 0) is 21.2 Å². The van der Waals surface area contributed by atoms with Crippen molar-refractivity contribution >= 4 is 15.9 Å². The molecule has 1 amide bonds. The van der Waals surface area contributed by atoms with E-state index in [1.165, 1.54) is 6.42 Å². The van der Waals surface area contributed by atoms with Gasteiger partial charge < -0.3 is 9.32 Å². The summed E-state index contributed by atoms with van der Waals surface area (Å²) in [7, 11) is -3.24. The summed E-state index contributed by atoms with van der Waals surface area (Å²) in [6.45, 7) is 3.37. The molecule has 2 fully saturated rings. The maximum absolute atomic E-state index is 12.4. The van der Waals surface area contributed by atoms with Crippen LogP contribution in [0.3, 0.4) is 0 Å². The number of amides is 1. The number of rotatable bonds is 6. The van der Waals surface area contributed by atoms with Crippen LogP contribution in [-0.4, -0.2) is 44.6 Å². The van der Waals surface area contributed by atoms with E-state index in [9.17, 15) is 13.2 Å². The van der Waals surface area contributed by atoms with Crippen LogP contribution < -0.4 is 4.72 Å². The molecule has 3 rings (SSSR count). The maximum Gasteiger partial charge on any atom is 0.223 e. The third kappa shape index (κ3) is 4.60. The van der Waals surface area contributed by atoms with E-state index in [4.69, 9.17) is 4.42 Å². The van der Waals surface area contributed by atoms with Gasteiger partial charge in [0.05, 0.1) is 6.26 Å². The summed E-state index contributed by atoms with van der Waals surface area (Å²) in [4.78, 5) is 14.2. The Balaban J connectivity index is 1.48. The Hall–Kier alpha value is -1.34. The van der Waals surface area contributed by atoms with E-state index in [1.54, 1.807) is 4.90 Å². The number of hydrogen-bond donors (Lipinski definition) is 1. The Kier molecular flexibility index (Phi) is 5.01. The highest BCUT2D eigenvalue weighted by atomic mass is 32.2. The number of nitrogens with zero attached hydrogens (tertiary/aromatic N) is 1. The molecular formula is C17H26N2O4S. The fourth-order valence-corrected chi connectivity index (χ4v) is 4.24. The molecule has 6 nitrogen and oxygen atoms in total. The lowest BCUT2D eigenvalue weighted by Crippen LogP contribution is -2.49. The predicted molar refractivity (Wildman–Crippen MR) is 91.1 cm³/mol. The first kappa shape index (κ1) is 17.5. The average Bonchev–Trinajstić information content (AvgIpc) is 3.05. The van der Waals surface area contributed by atoms with Crippen molar-refractivity contribution in [3.8, 4) is 0 Å². The molecule has 134 valence electrons. The SMILES string of the molecule is C[C@@H]1C[C@H]1c1ccc(CCC(=O)N2CCC[C@H](NS(C)(=O)=O)C2)o1. The highest BCUT2D eigenvalue weighted by Crippen LogP contribution is 2.47. The number of piperidine rings is 1. The second kappa shape index (κ2) is 6.88. The van der Waals surface area contributed by atoms with Gasteiger partial charge in [-0.05, 0) is 37.3 Å². The number of likely N-dealkylation sites (tertiary alicyclic amines) is 1. The van der Waals surface area contributed by atoms with Crippen molar-refractivity contribution in [3.63, 3.8) is 0 Å². The summed E-state index contributed by atoms with van der Waals surface area (Å²) in [5.74, 6) is 3.23. The lowest BCUT2D eigenvalue weighted by molar-refractivity contribution is -0.132. The molecule has 1 aromatic heterocycles. The maximum atomic E-state index is 12.4. The van der Waals surface area contributed by atoms with Gasteiger partial charge >= 0.3 is 0 Å². The molecule has 0 aromatic carbocycles. The van der Waals surface area contributed by atoms with Crippen molar-refractivity contribution in [2.45, 2.75) is 51.0 Å². The number of nitrogens with one attached hydrogen (secondary N) is 1. The Morgan fingerprint density at radius 1 is 1.42 bits per heavy atom. The second-order valence-corrected chi connectivity index (χ2v) is 8.97. The molecule has 0 unspecified atom stereocenters. The third-order valence-corrected chi connectivity index (χ3v) is 5.66. The van der Waals surface area contributed by atoms with Crippen molar-refractivity contribution in [2.24, 2.45) is 5.92 Å². The molecule has 0 radical (unpaired) electrons. The predicted octanol–water partition coefficient (Wildman–Crippen LogP) is 1.88. The van der Waals surface area contributed by atoms with E-state index in [0.717, 1.165) is 30.6 Å². The number of aryl methyl sites for hydroxylation is 1. The van der Waals surface area contributed by atoms with E-state index < -0.39 is 10.0 Å². The monoisotopic (exact) mass is 354 g/mol. The number of sulfonamides is 1. The van der Waals surface area contributed by atoms with Gasteiger partial charge in [-0.25, -0.2) is 13.1 Å². The van der Waals surface area contributed by atoms with E-state index in [2.05, 4.69) is 11.6 Å². The first-order valence-corrected chi connectivity index (χ1v) is 10.5. The fraction of sp³-hybridized carbons (Fsp3) is 0.706. The molecule has 1 N–H and O–H groups in total. The topological polar surface area (TPSA) is 79.6 Å². The van der Waals surface area contributed by atoms with E-state index in [1.807, 2.05) is 12.1 Å². The van der Waals surface area contributed by atoms with E-state index in [0.29, 0.717) is 37.8 Å². The first-order valence-electron chi connectivity index (χ1n) is 8.65. The summed E-state index contributed by atoms with van der Waals surface area (Å²) >= 11 is 0. The number of furan rings is 1. The molecule has 3 atom stereocenters. The Morgan fingerprint density at radius 2 is 2.17 bits per heavy atom. The van der Waals surface area contributed by atoms with Gasteiger partial charge in [0.15, 0.2) is 0 Å². The largest absolute Gasteiger partial charge is 0.466 e. The third-order valence-electron chi connectivity index (χ3n) is 4.90. The Bertz CT molecular complexity index is 697. The summed E-state index contributed by atoms with van der Waals surface area (Å²) in [5, 5.41) is 0. The van der Waals surface area contributed by atoms with Gasteiger partial charge in [-0.1, -0.05) is 6.92 Å². The minimum absolute atomic E-state index is 0.0627. The highest BCUT2D eigenvalue weighted by molar-refractivity contribution is 7.88. The average molecular weight is 354 g/mol. The minimum atomic E-state index is -3.24. The molecule has 24 heavy (non-hydrogen) atoms. The second-order valence-electron chi connectivity index (χ2n) is 7.19. The van der Waals surface area contributed by atoms with Gasteiger partial charge in [0.25, 0.3) is 0 Å². The van der Waals surface area contributed by atoms with Gasteiger partial charge in [0, 0.05) is 37.9 Å². The smallest absolute Gasteiger partial charge is 0.223 e. The molecule has 7 heteroatoms. The van der Waals surface area contributed by atoms with Gasteiger partial charge in [-0.15, -0.1) is 0 Å². The quantitative estimate of drug-likeness (QED) is 0.846. The van der Waals surface area contributed by atoms with Crippen LogP contribution in [0.5, 0.6) is 0 Å². The van der Waals surface area contributed by atoms with Crippen LogP contribution in [0.4, 0.5) is 0 Å². The standard InChI is InChI=1S/C17H26N2O4S/c1-12-10-15(12)16-7-5-14(23-16)6-8-17(20)19-9-3-4-13(11-19)18-24(2,21)22/h5,7,12-13,15,18H,3-4,6,8-11H2,1-2H3/t12-,13+,15-/m1/s1. The number of carbonyl (C=O) groups is 1. The molecule has 1 aromatic rings. The molecule has 0 spiro atoms. The van der Waals surface area contributed by atoms with Crippen molar-refractivity contribution < 1.29 is 17.6 Å². The molecule has 0 bridgehead atoms. The van der Waals surface area contributed by atoms with Gasteiger partial charge in [-0.2, -0.15) is 0 Å². The van der Waals surface area contributed by atoms with Crippen molar-refractivity contribution in [3.05, 3.63) is 23.7 Å². The number of hydrogen-bond acceptors (Lipinski definition) is 4. The molecule has 1 saturated carbocycles. The molecule has 2 aliphatic rings. The lowest BCUT2D eigenvalue weighted by Gasteiger charge is -2.32. The highest BCUT2D eigenvalue weighted by Gasteiger charge is 2.36. The molecule has 2 heterocycles. The Morgan fingerprint density at radius 3 is 2.83 bits per heavy atom. The van der Waals surface area contributed by atoms with Gasteiger partial charge in [-0.3, -0.25) is 4.79 Å². The fourth-order valence-electron chi connectivity index (χ4n) is 3.44. The number of carbonyl (C=O) groups excluding carboxylic acids is 1. The van der Waals surface area contributed by atoms with Crippen LogP contribution in [0.25, 0.3) is 0 Å². The van der Waals surface area contributed by atoms with Crippen molar-refractivity contribution in [2.75, 3.05) is 19.3 Å². The summed E-state index contributed by atoms with van der Waals surface area (Å²) < 4.78 is 31.1. The molecule has 1 aliphatic carbocycles. The van der Waals surface area contributed by atoms with Crippen molar-refractivity contribution in [1.29, 1.82) is 0 Å². The summed E-state index contributed by atoms with van der Waals surface area (Å²) in [6, 6.07) is 3.82. The molecule has 1 saturated heterocycles. The van der Waals surface area contributed by atoms with Gasteiger partial charge in [0.1, 0.15) is 11.5 Å². The Labute approximate surface area is 143 Å².